The van der Waals surface area contributed by atoms with Gasteiger partial charge in [-0.25, -0.2) is 0 Å². The summed E-state index contributed by atoms with van der Waals surface area (Å²) in [5.41, 5.74) is 0.335. The molecule has 0 amide bonds. The summed E-state index contributed by atoms with van der Waals surface area (Å²) in [5, 5.41) is 11.5. The quantitative estimate of drug-likeness (QED) is 0.286. The summed E-state index contributed by atoms with van der Waals surface area (Å²) in [4.78, 5) is 38.1. The number of carbonyl (C=O) groups is 3. The third-order valence-electron chi connectivity index (χ3n) is 20.3. The molecule has 0 heterocycles. The third kappa shape index (κ3) is 6.88. The highest BCUT2D eigenvalue weighted by Gasteiger charge is 2.66. The van der Waals surface area contributed by atoms with Crippen LogP contribution in [0.1, 0.15) is 173 Å². The highest BCUT2D eigenvalue weighted by Crippen LogP contribution is 2.70. The molecule has 0 aliphatic heterocycles. The van der Waals surface area contributed by atoms with E-state index in [1.807, 2.05) is 13.8 Å². The van der Waals surface area contributed by atoms with Crippen LogP contribution in [-0.4, -0.2) is 43.2 Å². The predicted molar refractivity (Wildman–Crippen MR) is 226 cm³/mol. The van der Waals surface area contributed by atoms with Gasteiger partial charge in [0.05, 0.1) is 32.2 Å². The minimum atomic E-state index is -0.320. The topological polar surface area (TPSA) is 89.9 Å². The molecule has 6 unspecified atom stereocenters. The summed E-state index contributed by atoms with van der Waals surface area (Å²) < 4.78 is 10.1. The molecule has 19 atom stereocenters. The van der Waals surface area contributed by atoms with E-state index in [9.17, 15) is 19.5 Å². The van der Waals surface area contributed by atoms with Crippen molar-refractivity contribution in [1.29, 1.82) is 0 Å². The summed E-state index contributed by atoms with van der Waals surface area (Å²) in [6.07, 6.45) is 19.2. The van der Waals surface area contributed by atoms with Crippen LogP contribution in [-0.2, 0) is 23.9 Å². The van der Waals surface area contributed by atoms with Gasteiger partial charge in [-0.15, -0.1) is 0 Å². The molecule has 1 N–H and O–H groups in total. The Kier molecular flexibility index (Phi) is 13.5. The van der Waals surface area contributed by atoms with E-state index >= 15 is 0 Å². The van der Waals surface area contributed by atoms with Gasteiger partial charge in [-0.1, -0.05) is 83.1 Å². The first-order chi connectivity index (χ1) is 25.5. The highest BCUT2D eigenvalue weighted by atomic mass is 16.5. The summed E-state index contributed by atoms with van der Waals surface area (Å²) in [5.74, 6) is 7.40. The normalized spacial score (nSPS) is 49.8. The molecule has 6 heteroatoms. The van der Waals surface area contributed by atoms with Gasteiger partial charge in [-0.2, -0.15) is 0 Å². The molecule has 0 bridgehead atoms. The summed E-state index contributed by atoms with van der Waals surface area (Å²) in [6, 6.07) is 0. The van der Waals surface area contributed by atoms with E-state index in [0.717, 1.165) is 61.7 Å². The number of ketones is 1. The summed E-state index contributed by atoms with van der Waals surface area (Å²) in [6.45, 7) is 18.4. The molecule has 0 saturated heterocycles. The highest BCUT2D eigenvalue weighted by molar-refractivity contribution is 5.88. The number of esters is 2. The average Bonchev–Trinajstić information content (AvgIpc) is 3.70. The lowest BCUT2D eigenvalue weighted by molar-refractivity contribution is -0.176. The van der Waals surface area contributed by atoms with E-state index in [4.69, 9.17) is 9.47 Å². The predicted octanol–water partition coefficient (Wildman–Crippen LogP) is 11.6. The third-order valence-corrected chi connectivity index (χ3v) is 20.3. The van der Waals surface area contributed by atoms with Gasteiger partial charge >= 0.3 is 11.9 Å². The molecule has 8 rings (SSSR count). The molecule has 6 nitrogen and oxygen atoms in total. The molecule has 8 aliphatic carbocycles. The number of aliphatic hydroxyl groups excluding tert-OH is 1. The first-order valence-electron chi connectivity index (χ1n) is 22.8. The van der Waals surface area contributed by atoms with Crippen LogP contribution in [0.4, 0.5) is 0 Å². The number of methoxy groups -OCH3 is 2. The van der Waals surface area contributed by atoms with E-state index in [-0.39, 0.29) is 67.4 Å². The van der Waals surface area contributed by atoms with E-state index in [0.29, 0.717) is 46.2 Å². The lowest BCUT2D eigenvalue weighted by atomic mass is 9.43. The SMILES string of the molecule is C.C.COC(=O)[C@@H](C)[C@H]1CCC2C3CC[C@@H]4C[C@H](C)CC[C@]4(C)C3CC(=O)[C@@]21C.COC(=O)[C@@H](C)[C@H]1CCC2C3CC[C@@H]4C[C@H](C)CC[C@]4(C)C3C[C@H](O)[C@@]21C. The maximum Gasteiger partial charge on any atom is 0.308 e. The molecular weight excluding hydrogens is 697 g/mol. The largest absolute Gasteiger partial charge is 0.469 e. The number of carbonyl (C=O) groups excluding carboxylic acids is 3. The van der Waals surface area contributed by atoms with E-state index < -0.39 is 0 Å². The fourth-order valence-electron chi connectivity index (χ4n) is 17.0. The number of hydrogen-bond donors (Lipinski definition) is 1. The van der Waals surface area contributed by atoms with Crippen LogP contribution in [0.3, 0.4) is 0 Å². The van der Waals surface area contributed by atoms with Crippen LogP contribution < -0.4 is 0 Å². The van der Waals surface area contributed by atoms with Crippen LogP contribution >= 0.6 is 0 Å². The van der Waals surface area contributed by atoms with Crippen molar-refractivity contribution in [2.45, 2.75) is 179 Å². The number of fused-ring (bicyclic) bond motifs is 10. The zero-order chi connectivity index (χ0) is 39.1. The average molecular weight is 783 g/mol. The maximum atomic E-state index is 13.6. The number of Topliss-reactive ketones (excluding diaryl/α,β-unsaturated/α-hetero) is 1. The Bertz CT molecular complexity index is 1430. The number of rotatable bonds is 4. The summed E-state index contributed by atoms with van der Waals surface area (Å²) >= 11 is 0. The van der Waals surface area contributed by atoms with Gasteiger partial charge in [0.1, 0.15) is 5.78 Å². The van der Waals surface area contributed by atoms with Gasteiger partial charge in [-0.05, 0) is 165 Å². The second-order valence-corrected chi connectivity index (χ2v) is 22.1. The fourth-order valence-corrected chi connectivity index (χ4v) is 17.0. The lowest BCUT2D eigenvalue weighted by Crippen LogP contribution is -2.58. The minimum absolute atomic E-state index is 0. The molecule has 8 fully saturated rings. The smallest absolute Gasteiger partial charge is 0.308 e. The van der Waals surface area contributed by atoms with Gasteiger partial charge < -0.3 is 14.6 Å². The molecule has 322 valence electrons. The van der Waals surface area contributed by atoms with Gasteiger partial charge in [0.15, 0.2) is 0 Å². The zero-order valence-corrected chi connectivity index (χ0v) is 36.0. The lowest BCUT2D eigenvalue weighted by Gasteiger charge is -2.62. The molecule has 0 spiro atoms. The van der Waals surface area contributed by atoms with E-state index in [2.05, 4.69) is 41.5 Å². The first kappa shape index (κ1) is 45.7. The molecule has 0 radical (unpaired) electrons. The molecule has 56 heavy (non-hydrogen) atoms. The first-order valence-corrected chi connectivity index (χ1v) is 22.8. The number of ether oxygens (including phenoxy) is 2. The molecule has 8 saturated carbocycles. The van der Waals surface area contributed by atoms with Gasteiger partial charge in [0, 0.05) is 17.3 Å². The van der Waals surface area contributed by atoms with Crippen molar-refractivity contribution in [2.75, 3.05) is 14.2 Å². The maximum absolute atomic E-state index is 13.6. The second kappa shape index (κ2) is 16.6. The van der Waals surface area contributed by atoms with Crippen LogP contribution in [0.15, 0.2) is 0 Å². The Morgan fingerprint density at radius 3 is 1.62 bits per heavy atom. The Balaban J connectivity index is 0.000000207. The van der Waals surface area contributed by atoms with Gasteiger partial charge in [-0.3, -0.25) is 14.4 Å². The van der Waals surface area contributed by atoms with Crippen molar-refractivity contribution in [3.63, 3.8) is 0 Å². The zero-order valence-electron chi connectivity index (χ0n) is 36.0. The Morgan fingerprint density at radius 2 is 1.09 bits per heavy atom. The van der Waals surface area contributed by atoms with Crippen molar-refractivity contribution < 1.29 is 29.0 Å². The standard InChI is InChI=1S/C24H40O3.C24H38O3.2CH4/c2*1-14-10-11-23(3)16(12-14)6-7-17-19-9-8-18(15(2)22(26)27-5)24(19,4)21(25)13-20(17)23;;/h14-21,25H,6-13H2,1-5H3;14-20H,6-13H2,1-5H3;2*1H4/t14-,15+,16-,17?,18-,19?,20?,21+,23+,24-;14-,15+,16-,17?,18-,19?,20?,23+,24-;;/m11../s1. The number of aliphatic hydroxyl groups is 1. The van der Waals surface area contributed by atoms with Crippen molar-refractivity contribution in [2.24, 2.45) is 105 Å². The number of hydrogen-bond acceptors (Lipinski definition) is 6. The van der Waals surface area contributed by atoms with Crippen LogP contribution in [0.5, 0.6) is 0 Å². The van der Waals surface area contributed by atoms with E-state index in [1.165, 1.54) is 84.8 Å². The molecular formula is C50H86O6. The monoisotopic (exact) mass is 783 g/mol. The van der Waals surface area contributed by atoms with Gasteiger partial charge in [0.2, 0.25) is 0 Å². The van der Waals surface area contributed by atoms with E-state index in [1.54, 1.807) is 0 Å². The molecule has 0 aromatic rings. The van der Waals surface area contributed by atoms with Crippen molar-refractivity contribution in [3.8, 4) is 0 Å². The summed E-state index contributed by atoms with van der Waals surface area (Å²) in [7, 11) is 2.96. The molecule has 0 aromatic carbocycles. The van der Waals surface area contributed by atoms with Crippen LogP contribution in [0.2, 0.25) is 0 Å². The Labute approximate surface area is 343 Å². The Morgan fingerprint density at radius 1 is 0.625 bits per heavy atom. The van der Waals surface area contributed by atoms with Crippen molar-refractivity contribution >= 4 is 17.7 Å². The van der Waals surface area contributed by atoms with Crippen molar-refractivity contribution in [3.05, 3.63) is 0 Å². The molecule has 0 aromatic heterocycles. The Hall–Kier alpha value is -1.43. The van der Waals surface area contributed by atoms with Crippen LogP contribution in [0.25, 0.3) is 0 Å². The minimum Gasteiger partial charge on any atom is -0.469 e. The molecule has 8 aliphatic rings. The second-order valence-electron chi connectivity index (χ2n) is 22.1. The fraction of sp³-hybridized carbons (Fsp3) is 0.940. The van der Waals surface area contributed by atoms with Crippen molar-refractivity contribution in [1.82, 2.24) is 0 Å². The van der Waals surface area contributed by atoms with Gasteiger partial charge in [0.25, 0.3) is 0 Å². The van der Waals surface area contributed by atoms with Crippen LogP contribution in [0, 0.1) is 105 Å².